The largest absolute Gasteiger partial charge is 0.495 e. The normalized spacial score (nSPS) is 10.7. The Morgan fingerprint density at radius 1 is 0.970 bits per heavy atom. The van der Waals surface area contributed by atoms with Crippen LogP contribution in [0.2, 0.25) is 0 Å². The van der Waals surface area contributed by atoms with Crippen molar-refractivity contribution in [3.63, 3.8) is 0 Å². The average molecular weight is 505 g/mol. The summed E-state index contributed by atoms with van der Waals surface area (Å²) < 4.78 is 11.0. The Labute approximate surface area is 199 Å². The smallest absolute Gasteiger partial charge is 0.337 e. The lowest BCUT2D eigenvalue weighted by Gasteiger charge is -2.16. The van der Waals surface area contributed by atoms with Crippen LogP contribution in [0.1, 0.15) is 26.3 Å². The number of hydrogen-bond acceptors (Lipinski definition) is 5. The van der Waals surface area contributed by atoms with Crippen LogP contribution in [0.25, 0.3) is 22.2 Å². The van der Waals surface area contributed by atoms with E-state index in [4.69, 9.17) is 14.5 Å². The van der Waals surface area contributed by atoms with E-state index in [1.807, 2.05) is 55.5 Å². The molecule has 0 bridgehead atoms. The van der Waals surface area contributed by atoms with Crippen molar-refractivity contribution in [2.75, 3.05) is 19.5 Å². The first-order valence-electron chi connectivity index (χ1n) is 10.2. The predicted molar refractivity (Wildman–Crippen MR) is 132 cm³/mol. The van der Waals surface area contributed by atoms with Crippen LogP contribution in [0.5, 0.6) is 5.75 Å². The average Bonchev–Trinajstić information content (AvgIpc) is 2.83. The zero-order valence-corrected chi connectivity index (χ0v) is 19.9. The fourth-order valence-corrected chi connectivity index (χ4v) is 4.09. The van der Waals surface area contributed by atoms with Gasteiger partial charge in [0.2, 0.25) is 0 Å². The second kappa shape index (κ2) is 9.42. The minimum Gasteiger partial charge on any atom is -0.495 e. The number of benzene rings is 3. The molecule has 1 aromatic heterocycles. The molecule has 4 rings (SSSR count). The molecule has 7 heteroatoms. The fraction of sp³-hybridized carbons (Fsp3) is 0.115. The summed E-state index contributed by atoms with van der Waals surface area (Å²) >= 11 is 3.50. The molecule has 0 spiro atoms. The minimum absolute atomic E-state index is 0.306. The Morgan fingerprint density at radius 3 is 2.42 bits per heavy atom. The topological polar surface area (TPSA) is 77.5 Å². The van der Waals surface area contributed by atoms with E-state index in [0.29, 0.717) is 28.1 Å². The molecule has 1 heterocycles. The number of carbonyl (C=O) groups is 2. The highest BCUT2D eigenvalue weighted by atomic mass is 79.9. The van der Waals surface area contributed by atoms with Crippen molar-refractivity contribution in [1.29, 1.82) is 0 Å². The summed E-state index contributed by atoms with van der Waals surface area (Å²) in [5.41, 5.74) is 4.41. The van der Waals surface area contributed by atoms with Gasteiger partial charge in [0.15, 0.2) is 0 Å². The molecular formula is C26H21BrN2O4. The van der Waals surface area contributed by atoms with Gasteiger partial charge in [0, 0.05) is 15.4 Å². The highest BCUT2D eigenvalue weighted by Crippen LogP contribution is 2.33. The Morgan fingerprint density at radius 2 is 1.73 bits per heavy atom. The lowest BCUT2D eigenvalue weighted by atomic mass is 9.97. The van der Waals surface area contributed by atoms with Gasteiger partial charge in [0.05, 0.1) is 42.2 Å². The number of halogens is 1. The molecule has 4 aromatic rings. The van der Waals surface area contributed by atoms with Gasteiger partial charge < -0.3 is 14.8 Å². The van der Waals surface area contributed by atoms with Crippen molar-refractivity contribution in [3.8, 4) is 17.0 Å². The molecule has 0 saturated heterocycles. The van der Waals surface area contributed by atoms with E-state index < -0.39 is 5.97 Å². The van der Waals surface area contributed by atoms with Gasteiger partial charge in [-0.1, -0.05) is 46.3 Å². The number of nitrogens with zero attached hydrogens (tertiary/aromatic N) is 1. The Hall–Kier alpha value is -3.71. The van der Waals surface area contributed by atoms with E-state index in [9.17, 15) is 9.59 Å². The number of esters is 1. The van der Waals surface area contributed by atoms with E-state index in [0.717, 1.165) is 26.7 Å². The number of amides is 1. The number of hydrogen-bond donors (Lipinski definition) is 1. The van der Waals surface area contributed by atoms with Crippen LogP contribution >= 0.6 is 15.9 Å². The van der Waals surface area contributed by atoms with Crippen LogP contribution in [0.3, 0.4) is 0 Å². The van der Waals surface area contributed by atoms with Crippen molar-refractivity contribution in [3.05, 3.63) is 87.9 Å². The Balaban J connectivity index is 1.84. The minimum atomic E-state index is -0.487. The monoisotopic (exact) mass is 504 g/mol. The SMILES string of the molecule is COC(=O)c1ccc(NC(=O)c2c(C)c(-c3ccccc3)nc3ccc(Br)cc23)c(OC)c1. The summed E-state index contributed by atoms with van der Waals surface area (Å²) in [5.74, 6) is -0.439. The molecule has 0 atom stereocenters. The number of fused-ring (bicyclic) bond motifs is 1. The summed E-state index contributed by atoms with van der Waals surface area (Å²) in [4.78, 5) is 30.3. The lowest BCUT2D eigenvalue weighted by molar-refractivity contribution is 0.0600. The summed E-state index contributed by atoms with van der Waals surface area (Å²) in [7, 11) is 2.79. The molecule has 0 radical (unpaired) electrons. The van der Waals surface area contributed by atoms with Gasteiger partial charge in [-0.05, 0) is 48.9 Å². The molecule has 0 unspecified atom stereocenters. The van der Waals surface area contributed by atoms with E-state index in [-0.39, 0.29) is 5.91 Å². The molecule has 0 aliphatic carbocycles. The van der Waals surface area contributed by atoms with Crippen LogP contribution in [0.4, 0.5) is 5.69 Å². The number of rotatable bonds is 5. The maximum atomic E-state index is 13.6. The number of nitrogens with one attached hydrogen (secondary N) is 1. The summed E-state index contributed by atoms with van der Waals surface area (Å²) in [6.07, 6.45) is 0. The second-order valence-corrected chi connectivity index (χ2v) is 8.26. The predicted octanol–water partition coefficient (Wildman–Crippen LogP) is 6.02. The number of methoxy groups -OCH3 is 2. The molecule has 166 valence electrons. The third-order valence-corrected chi connectivity index (χ3v) is 5.83. The summed E-state index contributed by atoms with van der Waals surface area (Å²) in [6, 6.07) is 20.2. The van der Waals surface area contributed by atoms with Crippen molar-refractivity contribution in [2.24, 2.45) is 0 Å². The Kier molecular flexibility index (Phi) is 6.42. The van der Waals surface area contributed by atoms with Gasteiger partial charge in [-0.25, -0.2) is 9.78 Å². The first-order chi connectivity index (χ1) is 15.9. The molecule has 33 heavy (non-hydrogen) atoms. The van der Waals surface area contributed by atoms with E-state index >= 15 is 0 Å². The van der Waals surface area contributed by atoms with Crippen LogP contribution in [-0.4, -0.2) is 31.1 Å². The fourth-order valence-electron chi connectivity index (χ4n) is 3.72. The van der Waals surface area contributed by atoms with E-state index in [1.165, 1.54) is 20.3 Å². The van der Waals surface area contributed by atoms with Gasteiger partial charge in [-0.2, -0.15) is 0 Å². The highest BCUT2D eigenvalue weighted by molar-refractivity contribution is 9.10. The van der Waals surface area contributed by atoms with Gasteiger partial charge in [0.25, 0.3) is 5.91 Å². The zero-order valence-electron chi connectivity index (χ0n) is 18.3. The molecule has 3 aromatic carbocycles. The first-order valence-corrected chi connectivity index (χ1v) is 10.9. The van der Waals surface area contributed by atoms with Crippen molar-refractivity contribution < 1.29 is 19.1 Å². The van der Waals surface area contributed by atoms with Crippen molar-refractivity contribution in [1.82, 2.24) is 4.98 Å². The molecule has 1 amide bonds. The molecule has 0 saturated carbocycles. The number of anilines is 1. The van der Waals surface area contributed by atoms with E-state index in [1.54, 1.807) is 12.1 Å². The molecule has 6 nitrogen and oxygen atoms in total. The van der Waals surface area contributed by atoms with Gasteiger partial charge in [0.1, 0.15) is 5.75 Å². The quantitative estimate of drug-likeness (QED) is 0.336. The van der Waals surface area contributed by atoms with Crippen molar-refractivity contribution in [2.45, 2.75) is 6.92 Å². The zero-order chi connectivity index (χ0) is 23.5. The molecule has 0 aliphatic heterocycles. The standard InChI is InChI=1S/C26H21BrN2O4/c1-15-23(25(30)29-21-11-9-17(26(31)33-3)13-22(21)32-2)19-14-18(27)10-12-20(19)28-24(15)16-7-5-4-6-8-16/h4-14H,1-3H3,(H,29,30). The first kappa shape index (κ1) is 22.5. The van der Waals surface area contributed by atoms with Gasteiger partial charge in [-0.15, -0.1) is 0 Å². The summed E-state index contributed by atoms with van der Waals surface area (Å²) in [5, 5.41) is 3.66. The second-order valence-electron chi connectivity index (χ2n) is 7.35. The number of pyridine rings is 1. The number of carbonyl (C=O) groups excluding carboxylic acids is 2. The van der Waals surface area contributed by atoms with Gasteiger partial charge in [-0.3, -0.25) is 4.79 Å². The lowest BCUT2D eigenvalue weighted by Crippen LogP contribution is -2.16. The van der Waals surface area contributed by atoms with Crippen molar-refractivity contribution >= 4 is 44.4 Å². The third kappa shape index (κ3) is 4.45. The molecule has 1 N–H and O–H groups in total. The van der Waals surface area contributed by atoms with Crippen LogP contribution in [0.15, 0.2) is 71.2 Å². The molecule has 0 aliphatic rings. The van der Waals surface area contributed by atoms with E-state index in [2.05, 4.69) is 21.2 Å². The van der Waals surface area contributed by atoms with Gasteiger partial charge >= 0.3 is 5.97 Å². The third-order valence-electron chi connectivity index (χ3n) is 5.34. The maximum Gasteiger partial charge on any atom is 0.337 e. The van der Waals surface area contributed by atoms with Crippen LogP contribution in [-0.2, 0) is 4.74 Å². The highest BCUT2D eigenvalue weighted by Gasteiger charge is 2.21. The maximum absolute atomic E-state index is 13.6. The molecule has 0 fully saturated rings. The van der Waals surface area contributed by atoms with Crippen LogP contribution in [0, 0.1) is 6.92 Å². The Bertz CT molecular complexity index is 1370. The summed E-state index contributed by atoms with van der Waals surface area (Å²) in [6.45, 7) is 1.89. The number of aromatic nitrogens is 1. The molecular weight excluding hydrogens is 484 g/mol. The van der Waals surface area contributed by atoms with Crippen LogP contribution < -0.4 is 10.1 Å². The number of ether oxygens (including phenoxy) is 2.